The van der Waals surface area contributed by atoms with Gasteiger partial charge in [-0.05, 0) is 50.3 Å². The summed E-state index contributed by atoms with van der Waals surface area (Å²) in [5.41, 5.74) is 5.84. The lowest BCUT2D eigenvalue weighted by Crippen LogP contribution is -2.34. The van der Waals surface area contributed by atoms with E-state index < -0.39 is 0 Å². The summed E-state index contributed by atoms with van der Waals surface area (Å²) in [5, 5.41) is 0. The van der Waals surface area contributed by atoms with Crippen molar-refractivity contribution in [3.05, 3.63) is 34.6 Å². The Balaban J connectivity index is 3.37. The minimum Gasteiger partial charge on any atom is -0.371 e. The number of rotatable bonds is 2. The fourth-order valence-corrected chi connectivity index (χ4v) is 2.52. The van der Waals surface area contributed by atoms with Gasteiger partial charge >= 0.3 is 0 Å². The smallest absolute Gasteiger partial charge is 0.0474 e. The Morgan fingerprint density at radius 3 is 2.25 bits per heavy atom. The van der Waals surface area contributed by atoms with Crippen molar-refractivity contribution in [3.63, 3.8) is 0 Å². The lowest BCUT2D eigenvalue weighted by molar-refractivity contribution is 0.343. The molecule has 1 rings (SSSR count). The van der Waals surface area contributed by atoms with Crippen LogP contribution < -0.4 is 0 Å². The molecule has 0 radical (unpaired) electrons. The van der Waals surface area contributed by atoms with Crippen molar-refractivity contribution in [1.29, 1.82) is 0 Å². The molecule has 0 saturated heterocycles. The Morgan fingerprint density at radius 1 is 1.25 bits per heavy atom. The zero-order valence-electron chi connectivity index (χ0n) is 11.8. The predicted molar refractivity (Wildman–Crippen MR) is 72.3 cm³/mol. The minimum atomic E-state index is 0.508. The molecule has 1 atom stereocenters. The van der Waals surface area contributed by atoms with E-state index >= 15 is 0 Å². The highest BCUT2D eigenvalue weighted by Gasteiger charge is 2.25. The maximum absolute atomic E-state index is 2.39. The molecule has 1 aliphatic rings. The molecule has 0 fully saturated rings. The lowest BCUT2D eigenvalue weighted by Gasteiger charge is -2.38. The van der Waals surface area contributed by atoms with Gasteiger partial charge in [0.2, 0.25) is 0 Å². The van der Waals surface area contributed by atoms with Crippen LogP contribution in [0.1, 0.15) is 41.5 Å². The van der Waals surface area contributed by atoms with Crippen LogP contribution in [0.5, 0.6) is 0 Å². The Bertz CT molecular complexity index is 356. The third kappa shape index (κ3) is 2.09. The van der Waals surface area contributed by atoms with Crippen molar-refractivity contribution in [2.75, 3.05) is 7.05 Å². The van der Waals surface area contributed by atoms with Gasteiger partial charge in [-0.25, -0.2) is 0 Å². The van der Waals surface area contributed by atoms with Gasteiger partial charge in [0.15, 0.2) is 0 Å². The summed E-state index contributed by atoms with van der Waals surface area (Å²) in [6.45, 7) is 13.4. The molecule has 1 heteroatoms. The summed E-state index contributed by atoms with van der Waals surface area (Å²) < 4.78 is 0. The van der Waals surface area contributed by atoms with Crippen molar-refractivity contribution >= 4 is 0 Å². The van der Waals surface area contributed by atoms with Crippen molar-refractivity contribution in [1.82, 2.24) is 4.90 Å². The predicted octanol–water partition coefficient (Wildman–Crippen LogP) is 4.14. The maximum atomic E-state index is 2.39. The van der Waals surface area contributed by atoms with E-state index in [0.29, 0.717) is 12.0 Å². The number of allylic oxidation sites excluding steroid dienone is 5. The molecule has 0 bridgehead atoms. The van der Waals surface area contributed by atoms with Crippen molar-refractivity contribution in [3.8, 4) is 0 Å². The van der Waals surface area contributed by atoms with Gasteiger partial charge in [-0.15, -0.1) is 0 Å². The van der Waals surface area contributed by atoms with E-state index in [1.54, 1.807) is 0 Å². The Kier molecular flexibility index (Phi) is 4.01. The largest absolute Gasteiger partial charge is 0.371 e. The molecule has 0 aromatic carbocycles. The van der Waals surface area contributed by atoms with Crippen LogP contribution in [0, 0.1) is 5.92 Å². The molecule has 0 aliphatic carbocycles. The average Bonchev–Trinajstić information content (AvgIpc) is 2.23. The van der Waals surface area contributed by atoms with Crippen LogP contribution >= 0.6 is 0 Å². The zero-order chi connectivity index (χ0) is 12.5. The van der Waals surface area contributed by atoms with Crippen LogP contribution in [-0.4, -0.2) is 18.0 Å². The third-order valence-electron chi connectivity index (χ3n) is 3.75. The van der Waals surface area contributed by atoms with Gasteiger partial charge in [0.1, 0.15) is 0 Å². The van der Waals surface area contributed by atoms with Crippen molar-refractivity contribution in [2.45, 2.75) is 47.6 Å². The molecule has 0 spiro atoms. The molecular formula is C15H25N. The van der Waals surface area contributed by atoms with Crippen LogP contribution in [0.15, 0.2) is 34.6 Å². The Morgan fingerprint density at radius 2 is 1.81 bits per heavy atom. The molecule has 16 heavy (non-hydrogen) atoms. The SMILES string of the molecule is C/C=C\C1=C(C)C(C)N(C)C(C)=C1C(C)C. The normalized spacial score (nSPS) is 23.0. The van der Waals surface area contributed by atoms with E-state index in [1.165, 1.54) is 22.4 Å². The first-order valence-corrected chi connectivity index (χ1v) is 6.19. The van der Waals surface area contributed by atoms with E-state index in [-0.39, 0.29) is 0 Å². The molecule has 1 nitrogen and oxygen atoms in total. The van der Waals surface area contributed by atoms with Crippen molar-refractivity contribution < 1.29 is 0 Å². The van der Waals surface area contributed by atoms with Crippen LogP contribution in [0.3, 0.4) is 0 Å². The Labute approximate surface area is 101 Å². The standard InChI is InChI=1S/C15H25N/c1-8-9-14-11(4)12(5)16(7)13(6)15(14)10(2)3/h8-10,12H,1-7H3/b9-8-. The molecule has 0 amide bonds. The molecule has 1 aliphatic heterocycles. The van der Waals surface area contributed by atoms with Crippen molar-refractivity contribution in [2.24, 2.45) is 5.92 Å². The number of hydrogen-bond acceptors (Lipinski definition) is 1. The Hall–Kier alpha value is -0.980. The van der Waals surface area contributed by atoms with Crippen LogP contribution in [-0.2, 0) is 0 Å². The first-order chi connectivity index (χ1) is 7.41. The fourth-order valence-electron chi connectivity index (χ4n) is 2.52. The van der Waals surface area contributed by atoms with Gasteiger partial charge in [-0.2, -0.15) is 0 Å². The molecule has 0 aromatic heterocycles. The molecule has 1 unspecified atom stereocenters. The first kappa shape index (κ1) is 13.1. The second kappa shape index (κ2) is 4.90. The van der Waals surface area contributed by atoms with Crippen LogP contribution in [0.4, 0.5) is 0 Å². The number of nitrogens with zero attached hydrogens (tertiary/aromatic N) is 1. The van der Waals surface area contributed by atoms with E-state index in [2.05, 4.69) is 65.6 Å². The topological polar surface area (TPSA) is 3.24 Å². The lowest BCUT2D eigenvalue weighted by atomic mass is 9.84. The molecular weight excluding hydrogens is 194 g/mol. The monoisotopic (exact) mass is 219 g/mol. The van der Waals surface area contributed by atoms with Gasteiger partial charge < -0.3 is 4.90 Å². The van der Waals surface area contributed by atoms with E-state index in [0.717, 1.165) is 0 Å². The zero-order valence-corrected chi connectivity index (χ0v) is 11.8. The molecule has 0 N–H and O–H groups in total. The number of likely N-dealkylation sites (N-methyl/N-ethyl adjacent to an activating group) is 1. The second-order valence-corrected chi connectivity index (χ2v) is 5.04. The summed E-state index contributed by atoms with van der Waals surface area (Å²) in [5.74, 6) is 0.580. The summed E-state index contributed by atoms with van der Waals surface area (Å²) in [7, 11) is 2.19. The molecule has 0 saturated carbocycles. The summed E-state index contributed by atoms with van der Waals surface area (Å²) >= 11 is 0. The van der Waals surface area contributed by atoms with E-state index in [1.807, 2.05) is 0 Å². The number of hydrogen-bond donors (Lipinski definition) is 0. The van der Waals surface area contributed by atoms with Gasteiger partial charge in [-0.1, -0.05) is 26.0 Å². The highest BCUT2D eigenvalue weighted by molar-refractivity contribution is 5.50. The molecule has 1 heterocycles. The fraction of sp³-hybridized carbons (Fsp3) is 0.600. The second-order valence-electron chi connectivity index (χ2n) is 5.04. The van der Waals surface area contributed by atoms with Crippen LogP contribution in [0.25, 0.3) is 0 Å². The maximum Gasteiger partial charge on any atom is 0.0474 e. The summed E-state index contributed by atoms with van der Waals surface area (Å²) in [6, 6.07) is 0.508. The van der Waals surface area contributed by atoms with E-state index in [9.17, 15) is 0 Å². The van der Waals surface area contributed by atoms with Gasteiger partial charge in [-0.3, -0.25) is 0 Å². The minimum absolute atomic E-state index is 0.508. The highest BCUT2D eigenvalue weighted by atomic mass is 15.1. The highest BCUT2D eigenvalue weighted by Crippen LogP contribution is 2.35. The summed E-state index contributed by atoms with van der Waals surface area (Å²) in [4.78, 5) is 2.39. The molecule has 90 valence electrons. The van der Waals surface area contributed by atoms with Crippen LogP contribution in [0.2, 0.25) is 0 Å². The molecule has 0 aromatic rings. The quantitative estimate of drug-likeness (QED) is 0.674. The van der Waals surface area contributed by atoms with Gasteiger partial charge in [0.05, 0.1) is 0 Å². The van der Waals surface area contributed by atoms with E-state index in [4.69, 9.17) is 0 Å². The third-order valence-corrected chi connectivity index (χ3v) is 3.75. The first-order valence-electron chi connectivity index (χ1n) is 6.19. The summed E-state index contributed by atoms with van der Waals surface area (Å²) in [6.07, 6.45) is 4.41. The average molecular weight is 219 g/mol. The van der Waals surface area contributed by atoms with Gasteiger partial charge in [0.25, 0.3) is 0 Å². The van der Waals surface area contributed by atoms with Gasteiger partial charge in [0, 0.05) is 18.8 Å².